The quantitative estimate of drug-likeness (QED) is 0.665. The molecule has 1 aliphatic heterocycles. The van der Waals surface area contributed by atoms with Crippen molar-refractivity contribution in [1.82, 2.24) is 15.3 Å². The van der Waals surface area contributed by atoms with E-state index in [4.69, 9.17) is 23.2 Å². The highest BCUT2D eigenvalue weighted by Crippen LogP contribution is 2.20. The van der Waals surface area contributed by atoms with Crippen LogP contribution >= 0.6 is 23.2 Å². The van der Waals surface area contributed by atoms with Crippen LogP contribution in [-0.4, -0.2) is 28.5 Å². The second-order valence-electron chi connectivity index (χ2n) is 4.64. The first kappa shape index (κ1) is 14.5. The van der Waals surface area contributed by atoms with Crippen molar-refractivity contribution >= 4 is 34.9 Å². The van der Waals surface area contributed by atoms with Crippen molar-refractivity contribution < 1.29 is 4.79 Å². The molecule has 2 atom stereocenters. The maximum atomic E-state index is 12.1. The van der Waals surface area contributed by atoms with Crippen molar-refractivity contribution in [2.45, 2.75) is 32.2 Å². The average molecular weight is 303 g/mol. The summed E-state index contributed by atoms with van der Waals surface area (Å²) < 4.78 is 0. The molecule has 0 aromatic carbocycles. The standard InChI is InChI=1S/C12H16Cl2N4O/c1-2-7-3-4-15-8(5-7)11(19)17-10-6-9(13)16-12(14)18-10/h6-8,15H,2-5H2,1H3,(H,16,17,18,19). The molecule has 2 rings (SSSR count). The molecule has 104 valence electrons. The van der Waals surface area contributed by atoms with Crippen LogP contribution in [0.2, 0.25) is 10.4 Å². The van der Waals surface area contributed by atoms with E-state index in [1.807, 2.05) is 0 Å². The maximum absolute atomic E-state index is 12.1. The third-order valence-corrected chi connectivity index (χ3v) is 3.69. The number of hydrogen-bond donors (Lipinski definition) is 2. The van der Waals surface area contributed by atoms with E-state index in [1.54, 1.807) is 0 Å². The first-order valence-electron chi connectivity index (χ1n) is 6.32. The van der Waals surface area contributed by atoms with Crippen LogP contribution in [0.1, 0.15) is 26.2 Å². The first-order valence-corrected chi connectivity index (χ1v) is 7.08. The molecule has 0 saturated carbocycles. The van der Waals surface area contributed by atoms with E-state index < -0.39 is 0 Å². The molecular formula is C12H16Cl2N4O. The Morgan fingerprint density at radius 2 is 2.32 bits per heavy atom. The summed E-state index contributed by atoms with van der Waals surface area (Å²) in [6.45, 7) is 3.01. The molecule has 0 spiro atoms. The molecule has 2 unspecified atom stereocenters. The van der Waals surface area contributed by atoms with Gasteiger partial charge in [-0.25, -0.2) is 9.97 Å². The number of rotatable bonds is 3. The van der Waals surface area contributed by atoms with E-state index in [0.29, 0.717) is 11.7 Å². The van der Waals surface area contributed by atoms with Gasteiger partial charge in [0, 0.05) is 6.07 Å². The number of piperidine rings is 1. The summed E-state index contributed by atoms with van der Waals surface area (Å²) in [4.78, 5) is 19.8. The molecule has 1 aromatic rings. The molecule has 1 saturated heterocycles. The fraction of sp³-hybridized carbons (Fsp3) is 0.583. The normalized spacial score (nSPS) is 23.1. The monoisotopic (exact) mass is 302 g/mol. The highest BCUT2D eigenvalue weighted by molar-refractivity contribution is 6.32. The lowest BCUT2D eigenvalue weighted by molar-refractivity contribution is -0.119. The third kappa shape index (κ3) is 4.03. The second-order valence-corrected chi connectivity index (χ2v) is 5.36. The van der Waals surface area contributed by atoms with Crippen LogP contribution in [0.15, 0.2) is 6.07 Å². The van der Waals surface area contributed by atoms with Crippen molar-refractivity contribution in [2.24, 2.45) is 5.92 Å². The molecule has 5 nitrogen and oxygen atoms in total. The SMILES string of the molecule is CCC1CCNC(C(=O)Nc2cc(Cl)nc(Cl)n2)C1. The summed E-state index contributed by atoms with van der Waals surface area (Å²) in [5.41, 5.74) is 0. The first-order chi connectivity index (χ1) is 9.08. The molecule has 1 aliphatic rings. The minimum Gasteiger partial charge on any atom is -0.309 e. The molecule has 0 bridgehead atoms. The Kier molecular flexibility index (Phi) is 4.96. The van der Waals surface area contributed by atoms with Crippen LogP contribution in [0.5, 0.6) is 0 Å². The number of amides is 1. The van der Waals surface area contributed by atoms with Crippen LogP contribution in [0.4, 0.5) is 5.82 Å². The summed E-state index contributed by atoms with van der Waals surface area (Å²) in [6.07, 6.45) is 3.05. The van der Waals surface area contributed by atoms with Gasteiger partial charge in [0.25, 0.3) is 0 Å². The van der Waals surface area contributed by atoms with E-state index in [-0.39, 0.29) is 22.4 Å². The van der Waals surface area contributed by atoms with Gasteiger partial charge in [-0.05, 0) is 36.9 Å². The van der Waals surface area contributed by atoms with E-state index in [1.165, 1.54) is 6.07 Å². The number of carbonyl (C=O) groups is 1. The molecule has 19 heavy (non-hydrogen) atoms. The Morgan fingerprint density at radius 3 is 3.00 bits per heavy atom. The van der Waals surface area contributed by atoms with Gasteiger partial charge < -0.3 is 10.6 Å². The number of hydrogen-bond acceptors (Lipinski definition) is 4. The Balaban J connectivity index is 2.00. The number of anilines is 1. The smallest absolute Gasteiger partial charge is 0.242 e. The number of nitrogens with one attached hydrogen (secondary N) is 2. The summed E-state index contributed by atoms with van der Waals surface area (Å²) in [5.74, 6) is 0.814. The van der Waals surface area contributed by atoms with Crippen LogP contribution < -0.4 is 10.6 Å². The lowest BCUT2D eigenvalue weighted by Crippen LogP contribution is -2.46. The third-order valence-electron chi connectivity index (χ3n) is 3.33. The van der Waals surface area contributed by atoms with Gasteiger partial charge in [-0.1, -0.05) is 24.9 Å². The second kappa shape index (κ2) is 6.50. The highest BCUT2D eigenvalue weighted by atomic mass is 35.5. The van der Waals surface area contributed by atoms with Gasteiger partial charge in [0.05, 0.1) is 6.04 Å². The van der Waals surface area contributed by atoms with Gasteiger partial charge in [-0.2, -0.15) is 0 Å². The molecule has 7 heteroatoms. The zero-order valence-corrected chi connectivity index (χ0v) is 12.1. The van der Waals surface area contributed by atoms with E-state index in [0.717, 1.165) is 25.8 Å². The Labute approximate surface area is 122 Å². The summed E-state index contributed by atoms with van der Waals surface area (Å²) in [5, 5.41) is 6.15. The lowest BCUT2D eigenvalue weighted by atomic mass is 9.90. The van der Waals surface area contributed by atoms with Crippen molar-refractivity contribution in [2.75, 3.05) is 11.9 Å². The predicted octanol–water partition coefficient (Wildman–Crippen LogP) is 2.50. The lowest BCUT2D eigenvalue weighted by Gasteiger charge is -2.28. The maximum Gasteiger partial charge on any atom is 0.242 e. The molecule has 2 N–H and O–H groups in total. The number of carbonyl (C=O) groups excluding carboxylic acids is 1. The van der Waals surface area contributed by atoms with Gasteiger partial charge >= 0.3 is 0 Å². The summed E-state index contributed by atoms with van der Waals surface area (Å²) in [7, 11) is 0. The van der Waals surface area contributed by atoms with Gasteiger partial charge in [0.1, 0.15) is 11.0 Å². The van der Waals surface area contributed by atoms with E-state index >= 15 is 0 Å². The highest BCUT2D eigenvalue weighted by Gasteiger charge is 2.26. The molecular weight excluding hydrogens is 287 g/mol. The van der Waals surface area contributed by atoms with Gasteiger partial charge in [-0.3, -0.25) is 4.79 Å². The zero-order chi connectivity index (χ0) is 13.8. The van der Waals surface area contributed by atoms with E-state index in [9.17, 15) is 4.79 Å². The Morgan fingerprint density at radius 1 is 1.53 bits per heavy atom. The van der Waals surface area contributed by atoms with Gasteiger partial charge in [-0.15, -0.1) is 0 Å². The average Bonchev–Trinajstić information content (AvgIpc) is 2.37. The number of halogens is 2. The molecule has 0 radical (unpaired) electrons. The number of nitrogens with zero attached hydrogens (tertiary/aromatic N) is 2. The molecule has 1 aromatic heterocycles. The van der Waals surface area contributed by atoms with E-state index in [2.05, 4.69) is 27.5 Å². The fourth-order valence-electron chi connectivity index (χ4n) is 2.23. The minimum absolute atomic E-state index is 0.0193. The molecule has 0 aliphatic carbocycles. The van der Waals surface area contributed by atoms with Crippen molar-refractivity contribution in [1.29, 1.82) is 0 Å². The predicted molar refractivity (Wildman–Crippen MR) is 75.5 cm³/mol. The molecule has 1 amide bonds. The van der Waals surface area contributed by atoms with Crippen LogP contribution in [0.3, 0.4) is 0 Å². The van der Waals surface area contributed by atoms with Gasteiger partial charge in [0.15, 0.2) is 0 Å². The van der Waals surface area contributed by atoms with Crippen LogP contribution in [0, 0.1) is 5.92 Å². The van der Waals surface area contributed by atoms with Crippen molar-refractivity contribution in [3.05, 3.63) is 16.5 Å². The van der Waals surface area contributed by atoms with Crippen LogP contribution in [-0.2, 0) is 4.79 Å². The van der Waals surface area contributed by atoms with Crippen LogP contribution in [0.25, 0.3) is 0 Å². The molecule has 1 fully saturated rings. The Bertz CT molecular complexity index is 449. The summed E-state index contributed by atoms with van der Waals surface area (Å²) in [6, 6.07) is 1.29. The van der Waals surface area contributed by atoms with Crippen molar-refractivity contribution in [3.8, 4) is 0 Å². The van der Waals surface area contributed by atoms with Crippen molar-refractivity contribution in [3.63, 3.8) is 0 Å². The minimum atomic E-state index is -0.189. The van der Waals surface area contributed by atoms with Gasteiger partial charge in [0.2, 0.25) is 11.2 Å². The topological polar surface area (TPSA) is 66.9 Å². The zero-order valence-electron chi connectivity index (χ0n) is 10.6. The Hall–Kier alpha value is -0.910. The summed E-state index contributed by atoms with van der Waals surface area (Å²) >= 11 is 11.5. The fourth-order valence-corrected chi connectivity index (χ4v) is 2.64. The molecule has 2 heterocycles. The largest absolute Gasteiger partial charge is 0.309 e. The number of aromatic nitrogens is 2.